The van der Waals surface area contributed by atoms with Gasteiger partial charge in [0.1, 0.15) is 11.6 Å². The number of amides is 3. The van der Waals surface area contributed by atoms with Crippen molar-refractivity contribution in [2.45, 2.75) is 70.2 Å². The first-order valence-corrected chi connectivity index (χ1v) is 14.4. The quantitative estimate of drug-likeness (QED) is 0.388. The molecule has 3 amide bonds. The van der Waals surface area contributed by atoms with Crippen molar-refractivity contribution in [2.24, 2.45) is 17.8 Å². The minimum atomic E-state index is -1.27. The Hall–Kier alpha value is -2.97. The molecule has 1 aromatic carbocycles. The van der Waals surface area contributed by atoms with E-state index in [9.17, 15) is 19.5 Å². The van der Waals surface area contributed by atoms with Crippen LogP contribution in [0.4, 0.5) is 5.69 Å². The lowest BCUT2D eigenvalue weighted by molar-refractivity contribution is -0.150. The third kappa shape index (κ3) is 4.72. The summed E-state index contributed by atoms with van der Waals surface area (Å²) in [5.74, 6) is -2.05. The monoisotopic (exact) mass is 535 g/mol. The van der Waals surface area contributed by atoms with Gasteiger partial charge in [-0.05, 0) is 30.9 Å². The fourth-order valence-electron chi connectivity index (χ4n) is 6.93. The number of aliphatic hydroxyl groups excluding tert-OH is 1. The number of hydrogen-bond donors (Lipinski definition) is 1. The molecule has 0 radical (unpaired) electrons. The van der Waals surface area contributed by atoms with Gasteiger partial charge in [-0.25, -0.2) is 0 Å². The van der Waals surface area contributed by atoms with Crippen LogP contribution in [0, 0.1) is 17.8 Å². The zero-order valence-corrected chi connectivity index (χ0v) is 23.2. The number of carbonyl (C=O) groups excluding carboxylic acids is 3. The van der Waals surface area contributed by atoms with Gasteiger partial charge in [0.25, 0.3) is 0 Å². The Kier molecular flexibility index (Phi) is 7.96. The highest BCUT2D eigenvalue weighted by atomic mass is 16.5. The molecule has 1 spiro atoms. The van der Waals surface area contributed by atoms with E-state index in [1.807, 2.05) is 73.4 Å². The molecule has 4 aliphatic heterocycles. The lowest BCUT2D eigenvalue weighted by atomic mass is 9.77. The molecule has 0 bridgehead atoms. The van der Waals surface area contributed by atoms with Crippen LogP contribution in [0.1, 0.15) is 46.5 Å². The molecular weight excluding hydrogens is 494 g/mol. The second-order valence-corrected chi connectivity index (χ2v) is 11.7. The minimum Gasteiger partial charge on any atom is -0.394 e. The highest BCUT2D eigenvalue weighted by Crippen LogP contribution is 2.54. The Morgan fingerprint density at radius 1 is 1.03 bits per heavy atom. The summed E-state index contributed by atoms with van der Waals surface area (Å²) in [6.07, 6.45) is 10.5. The van der Waals surface area contributed by atoms with Gasteiger partial charge >= 0.3 is 0 Å². The normalized spacial score (nSPS) is 30.9. The Morgan fingerprint density at radius 3 is 2.49 bits per heavy atom. The van der Waals surface area contributed by atoms with Gasteiger partial charge in [-0.15, -0.1) is 0 Å². The van der Waals surface area contributed by atoms with Crippen molar-refractivity contribution in [2.75, 3.05) is 31.1 Å². The SMILES string of the molecule is CCCCCN1CC=C[C@]23O[C@@H]4C=CCN(c5ccccc5)C(=O)[C@@H]4[C@H]2C(=O)N([C@@H](CO)CC(C)C)C3C1=O. The van der Waals surface area contributed by atoms with Crippen LogP contribution in [0.2, 0.25) is 0 Å². The fourth-order valence-corrected chi connectivity index (χ4v) is 6.93. The Balaban J connectivity index is 1.58. The van der Waals surface area contributed by atoms with E-state index in [0.717, 1.165) is 24.9 Å². The number of aliphatic hydroxyl groups is 1. The maximum atomic E-state index is 14.4. The van der Waals surface area contributed by atoms with Gasteiger partial charge in [0.05, 0.1) is 30.6 Å². The summed E-state index contributed by atoms with van der Waals surface area (Å²) in [7, 11) is 0. The van der Waals surface area contributed by atoms with E-state index in [2.05, 4.69) is 6.92 Å². The summed E-state index contributed by atoms with van der Waals surface area (Å²) in [6, 6.07) is 7.98. The zero-order valence-electron chi connectivity index (χ0n) is 23.2. The van der Waals surface area contributed by atoms with E-state index < -0.39 is 35.6 Å². The van der Waals surface area contributed by atoms with Crippen molar-refractivity contribution < 1.29 is 24.2 Å². The number of anilines is 1. The number of carbonyl (C=O) groups is 3. The van der Waals surface area contributed by atoms with Crippen LogP contribution >= 0.6 is 0 Å². The molecule has 0 saturated carbocycles. The lowest BCUT2D eigenvalue weighted by Gasteiger charge is -2.39. The summed E-state index contributed by atoms with van der Waals surface area (Å²) >= 11 is 0. The number of fused-ring (bicyclic) bond motifs is 2. The number of hydrogen-bond acceptors (Lipinski definition) is 5. The predicted molar refractivity (Wildman–Crippen MR) is 149 cm³/mol. The van der Waals surface area contributed by atoms with E-state index in [1.165, 1.54) is 0 Å². The van der Waals surface area contributed by atoms with Crippen LogP contribution in [-0.2, 0) is 19.1 Å². The van der Waals surface area contributed by atoms with Crippen molar-refractivity contribution in [3.63, 3.8) is 0 Å². The summed E-state index contributed by atoms with van der Waals surface area (Å²) in [5.41, 5.74) is -0.511. The molecule has 6 atom stereocenters. The number of nitrogens with zero attached hydrogens (tertiary/aromatic N) is 3. The molecule has 2 fully saturated rings. The van der Waals surface area contributed by atoms with E-state index in [-0.39, 0.29) is 30.2 Å². The Labute approximate surface area is 231 Å². The van der Waals surface area contributed by atoms with Gasteiger partial charge in [-0.1, -0.05) is 76.1 Å². The van der Waals surface area contributed by atoms with E-state index in [1.54, 1.807) is 9.80 Å². The molecule has 1 N–H and O–H groups in total. The summed E-state index contributed by atoms with van der Waals surface area (Å²) < 4.78 is 6.73. The van der Waals surface area contributed by atoms with Crippen LogP contribution in [0.25, 0.3) is 0 Å². The van der Waals surface area contributed by atoms with Crippen LogP contribution in [-0.4, -0.2) is 82.7 Å². The summed E-state index contributed by atoms with van der Waals surface area (Å²) in [4.78, 5) is 48.0. The first kappa shape index (κ1) is 27.6. The van der Waals surface area contributed by atoms with Crippen LogP contribution in [0.15, 0.2) is 54.6 Å². The summed E-state index contributed by atoms with van der Waals surface area (Å²) in [6.45, 7) is 7.35. The van der Waals surface area contributed by atoms with Crippen molar-refractivity contribution in [1.82, 2.24) is 9.80 Å². The highest BCUT2D eigenvalue weighted by molar-refractivity contribution is 6.03. The van der Waals surface area contributed by atoms with E-state index in [4.69, 9.17) is 4.74 Å². The standard InChI is InChI=1S/C31H41N3O5/c1-4-5-9-16-32-17-11-15-31-26(29(37)34(27(31)30(32)38)23(20-35)19-21(2)3)25-24(39-31)14-10-18-33(28(25)36)22-12-7-6-8-13-22/h6-8,10-15,21,23-27,35H,4-5,9,16-20H2,1-3H3/t23-,24-,25+,26+,27?,31+/m1/s1. The Bertz CT molecular complexity index is 1130. The molecule has 4 aliphatic rings. The van der Waals surface area contributed by atoms with Crippen molar-refractivity contribution in [3.05, 3.63) is 54.6 Å². The van der Waals surface area contributed by atoms with Crippen molar-refractivity contribution in [1.29, 1.82) is 0 Å². The maximum absolute atomic E-state index is 14.4. The highest BCUT2D eigenvalue weighted by Gasteiger charge is 2.72. The van der Waals surface area contributed by atoms with Gasteiger partial charge in [0.15, 0.2) is 0 Å². The summed E-state index contributed by atoms with van der Waals surface area (Å²) in [5, 5.41) is 10.5. The first-order valence-electron chi connectivity index (χ1n) is 14.4. The van der Waals surface area contributed by atoms with Crippen molar-refractivity contribution in [3.8, 4) is 0 Å². The number of ether oxygens (including phenoxy) is 1. The van der Waals surface area contributed by atoms with Crippen LogP contribution < -0.4 is 4.90 Å². The molecular formula is C31H41N3O5. The average molecular weight is 536 g/mol. The minimum absolute atomic E-state index is 0.165. The molecule has 39 heavy (non-hydrogen) atoms. The maximum Gasteiger partial charge on any atom is 0.249 e. The Morgan fingerprint density at radius 2 is 1.79 bits per heavy atom. The molecule has 0 aromatic heterocycles. The van der Waals surface area contributed by atoms with E-state index >= 15 is 0 Å². The number of rotatable bonds is 9. The van der Waals surface area contributed by atoms with Crippen molar-refractivity contribution >= 4 is 23.4 Å². The molecule has 1 aromatic rings. The molecule has 210 valence electrons. The number of benzene rings is 1. The second kappa shape index (κ2) is 11.3. The molecule has 1 unspecified atom stereocenters. The smallest absolute Gasteiger partial charge is 0.249 e. The van der Waals surface area contributed by atoms with Crippen LogP contribution in [0.5, 0.6) is 0 Å². The molecule has 8 nitrogen and oxygen atoms in total. The zero-order chi connectivity index (χ0) is 27.7. The second-order valence-electron chi connectivity index (χ2n) is 11.7. The van der Waals surface area contributed by atoms with E-state index in [0.29, 0.717) is 26.1 Å². The first-order chi connectivity index (χ1) is 18.8. The largest absolute Gasteiger partial charge is 0.394 e. The molecule has 5 rings (SSSR count). The molecule has 0 aliphatic carbocycles. The lowest BCUT2D eigenvalue weighted by Crippen LogP contribution is -2.58. The fraction of sp³-hybridized carbons (Fsp3) is 0.581. The van der Waals surface area contributed by atoms with Gasteiger partial charge in [0, 0.05) is 25.3 Å². The molecule has 8 heteroatoms. The number of likely N-dealkylation sites (tertiary alicyclic amines) is 1. The topological polar surface area (TPSA) is 90.4 Å². The van der Waals surface area contributed by atoms with Gasteiger partial charge < -0.3 is 24.5 Å². The molecule has 2 saturated heterocycles. The number of para-hydroxylation sites is 1. The predicted octanol–water partition coefficient (Wildman–Crippen LogP) is 3.17. The van der Waals surface area contributed by atoms with Gasteiger partial charge in [-0.2, -0.15) is 0 Å². The third-order valence-electron chi connectivity index (χ3n) is 8.63. The van der Waals surface area contributed by atoms with Gasteiger partial charge in [0.2, 0.25) is 17.7 Å². The number of unbranched alkanes of at least 4 members (excludes halogenated alkanes) is 2. The van der Waals surface area contributed by atoms with Crippen LogP contribution in [0.3, 0.4) is 0 Å². The average Bonchev–Trinajstić information content (AvgIpc) is 3.25. The third-order valence-corrected chi connectivity index (χ3v) is 8.63. The molecule has 4 heterocycles. The van der Waals surface area contributed by atoms with Gasteiger partial charge in [-0.3, -0.25) is 14.4 Å².